The SMILES string of the molecule is CCC(CC)(OC(=O)C(=[N+]=[N-])C(C)=O)C(C)C. The van der Waals surface area contributed by atoms with E-state index in [1.807, 2.05) is 27.7 Å². The van der Waals surface area contributed by atoms with E-state index in [4.69, 9.17) is 10.3 Å². The van der Waals surface area contributed by atoms with Gasteiger partial charge >= 0.3 is 11.7 Å². The van der Waals surface area contributed by atoms with Crippen LogP contribution in [0.5, 0.6) is 0 Å². The maximum absolute atomic E-state index is 11.7. The molecule has 0 rings (SSSR count). The van der Waals surface area contributed by atoms with Gasteiger partial charge < -0.3 is 10.3 Å². The van der Waals surface area contributed by atoms with Crippen LogP contribution in [0.1, 0.15) is 47.5 Å². The molecule has 0 saturated carbocycles. The summed E-state index contributed by atoms with van der Waals surface area (Å²) in [5, 5.41) is 0. The summed E-state index contributed by atoms with van der Waals surface area (Å²) in [7, 11) is 0. The van der Waals surface area contributed by atoms with Crippen LogP contribution in [-0.2, 0) is 14.3 Å². The molecule has 0 N–H and O–H groups in total. The molecule has 0 aliphatic carbocycles. The van der Waals surface area contributed by atoms with Gasteiger partial charge in [-0.2, -0.15) is 4.79 Å². The fourth-order valence-corrected chi connectivity index (χ4v) is 1.82. The van der Waals surface area contributed by atoms with Crippen molar-refractivity contribution in [3.63, 3.8) is 0 Å². The summed E-state index contributed by atoms with van der Waals surface area (Å²) < 4.78 is 5.36. The third-order valence-corrected chi connectivity index (χ3v) is 3.17. The van der Waals surface area contributed by atoms with E-state index in [1.165, 1.54) is 0 Å². The van der Waals surface area contributed by atoms with Crippen LogP contribution in [0.2, 0.25) is 0 Å². The molecule has 96 valence electrons. The first-order valence-corrected chi connectivity index (χ1v) is 5.80. The van der Waals surface area contributed by atoms with Crippen molar-refractivity contribution in [2.45, 2.75) is 53.1 Å². The van der Waals surface area contributed by atoms with Crippen molar-refractivity contribution < 1.29 is 19.1 Å². The van der Waals surface area contributed by atoms with Crippen LogP contribution in [0, 0.1) is 5.92 Å². The molecule has 0 amide bonds. The van der Waals surface area contributed by atoms with Crippen LogP contribution in [0.15, 0.2) is 0 Å². The summed E-state index contributed by atoms with van der Waals surface area (Å²) >= 11 is 0. The molecule has 0 aliphatic heterocycles. The minimum Gasteiger partial charge on any atom is -0.450 e. The molecule has 5 nitrogen and oxygen atoms in total. The minimum absolute atomic E-state index is 0.119. The first-order valence-electron chi connectivity index (χ1n) is 5.80. The van der Waals surface area contributed by atoms with Gasteiger partial charge in [-0.15, -0.1) is 0 Å². The molecule has 0 bridgehead atoms. The van der Waals surface area contributed by atoms with Crippen molar-refractivity contribution in [2.24, 2.45) is 5.92 Å². The van der Waals surface area contributed by atoms with Crippen LogP contribution in [0.4, 0.5) is 0 Å². The topological polar surface area (TPSA) is 79.8 Å². The fourth-order valence-electron chi connectivity index (χ4n) is 1.82. The highest BCUT2D eigenvalue weighted by Gasteiger charge is 2.39. The maximum Gasteiger partial charge on any atom is 0.441 e. The van der Waals surface area contributed by atoms with Crippen molar-refractivity contribution in [3.05, 3.63) is 5.53 Å². The Bertz CT molecular complexity index is 351. The lowest BCUT2D eigenvalue weighted by Gasteiger charge is -2.34. The number of carbonyl (C=O) groups is 2. The van der Waals surface area contributed by atoms with Gasteiger partial charge in [-0.25, -0.2) is 4.79 Å². The van der Waals surface area contributed by atoms with Gasteiger partial charge in [0.15, 0.2) is 0 Å². The quantitative estimate of drug-likeness (QED) is 0.234. The number of carbonyl (C=O) groups excluding carboxylic acids is 2. The van der Waals surface area contributed by atoms with Crippen LogP contribution in [0.25, 0.3) is 5.53 Å². The second-order valence-corrected chi connectivity index (χ2v) is 4.32. The lowest BCUT2D eigenvalue weighted by atomic mass is 9.85. The molecule has 0 atom stereocenters. The predicted octanol–water partition coefficient (Wildman–Crippen LogP) is 2.00. The Hall–Kier alpha value is -1.48. The Morgan fingerprint density at radius 2 is 1.76 bits per heavy atom. The molecule has 0 radical (unpaired) electrons. The van der Waals surface area contributed by atoms with Crippen molar-refractivity contribution in [3.8, 4) is 0 Å². The Kier molecular flexibility index (Phi) is 5.75. The van der Waals surface area contributed by atoms with Gasteiger partial charge in [-0.05, 0) is 18.8 Å². The smallest absolute Gasteiger partial charge is 0.441 e. The number of Topliss-reactive ketones (excluding diaryl/α,β-unsaturated/α-hetero) is 1. The van der Waals surface area contributed by atoms with Gasteiger partial charge in [0.1, 0.15) is 5.60 Å². The largest absolute Gasteiger partial charge is 0.450 e. The molecule has 0 aromatic rings. The molecule has 0 spiro atoms. The lowest BCUT2D eigenvalue weighted by molar-refractivity contribution is -0.162. The van der Waals surface area contributed by atoms with Crippen LogP contribution in [-0.4, -0.2) is 27.9 Å². The average molecular weight is 240 g/mol. The highest BCUT2D eigenvalue weighted by atomic mass is 16.6. The highest BCUT2D eigenvalue weighted by Crippen LogP contribution is 2.29. The second kappa shape index (κ2) is 6.30. The number of esters is 1. The van der Waals surface area contributed by atoms with Gasteiger partial charge in [-0.3, -0.25) is 4.79 Å². The van der Waals surface area contributed by atoms with Gasteiger partial charge in [-0.1, -0.05) is 27.7 Å². The van der Waals surface area contributed by atoms with Crippen molar-refractivity contribution >= 4 is 17.5 Å². The van der Waals surface area contributed by atoms with E-state index in [1.54, 1.807) is 0 Å². The highest BCUT2D eigenvalue weighted by molar-refractivity contribution is 6.61. The van der Waals surface area contributed by atoms with E-state index in [9.17, 15) is 9.59 Å². The monoisotopic (exact) mass is 240 g/mol. The van der Waals surface area contributed by atoms with E-state index < -0.39 is 23.1 Å². The molecule has 0 fully saturated rings. The molecule has 5 heteroatoms. The van der Waals surface area contributed by atoms with Crippen molar-refractivity contribution in [1.82, 2.24) is 0 Å². The summed E-state index contributed by atoms with van der Waals surface area (Å²) in [6.45, 7) is 8.89. The Morgan fingerprint density at radius 1 is 1.29 bits per heavy atom. The molecule has 0 aromatic heterocycles. The molecule has 0 aromatic carbocycles. The van der Waals surface area contributed by atoms with E-state index >= 15 is 0 Å². The first-order chi connectivity index (χ1) is 7.84. The summed E-state index contributed by atoms with van der Waals surface area (Å²) in [5.74, 6) is -1.35. The predicted molar refractivity (Wildman–Crippen MR) is 63.6 cm³/mol. The van der Waals surface area contributed by atoms with E-state index in [0.29, 0.717) is 12.8 Å². The van der Waals surface area contributed by atoms with Gasteiger partial charge in [0.05, 0.1) is 0 Å². The van der Waals surface area contributed by atoms with Crippen LogP contribution in [0.3, 0.4) is 0 Å². The molecular weight excluding hydrogens is 220 g/mol. The van der Waals surface area contributed by atoms with Crippen molar-refractivity contribution in [1.29, 1.82) is 0 Å². The average Bonchev–Trinajstić information content (AvgIpc) is 2.25. The molecule has 0 saturated heterocycles. The van der Waals surface area contributed by atoms with Crippen LogP contribution >= 0.6 is 0 Å². The van der Waals surface area contributed by atoms with Crippen LogP contribution < -0.4 is 0 Å². The maximum atomic E-state index is 11.7. The number of rotatable bonds is 6. The fraction of sp³-hybridized carbons (Fsp3) is 0.750. The summed E-state index contributed by atoms with van der Waals surface area (Å²) in [4.78, 5) is 25.5. The number of hydrogen-bond donors (Lipinski definition) is 0. The molecule has 17 heavy (non-hydrogen) atoms. The lowest BCUT2D eigenvalue weighted by Crippen LogP contribution is -2.42. The summed E-state index contributed by atoms with van der Waals surface area (Å²) in [6.07, 6.45) is 1.28. The Balaban J connectivity index is 5.10. The standard InChI is InChI=1S/C12H20N2O3/c1-6-12(7-2,8(3)4)17-11(16)10(14-13)9(5)15/h8H,6-7H2,1-5H3. The van der Waals surface area contributed by atoms with E-state index in [-0.39, 0.29) is 5.92 Å². The van der Waals surface area contributed by atoms with Gasteiger partial charge in [0.2, 0.25) is 5.78 Å². The van der Waals surface area contributed by atoms with E-state index in [2.05, 4.69) is 4.79 Å². The summed E-state index contributed by atoms with van der Waals surface area (Å²) in [5.41, 5.74) is 7.43. The third kappa shape index (κ3) is 3.49. The zero-order valence-electron chi connectivity index (χ0n) is 11.1. The number of ether oxygens (including phenoxy) is 1. The zero-order valence-corrected chi connectivity index (χ0v) is 11.1. The second-order valence-electron chi connectivity index (χ2n) is 4.32. The molecule has 0 heterocycles. The van der Waals surface area contributed by atoms with Gasteiger partial charge in [0, 0.05) is 6.92 Å². The number of nitrogens with zero attached hydrogens (tertiary/aromatic N) is 2. The first kappa shape index (κ1) is 15.5. The van der Waals surface area contributed by atoms with Crippen molar-refractivity contribution in [2.75, 3.05) is 0 Å². The Labute approximate surface area is 102 Å². The van der Waals surface area contributed by atoms with E-state index in [0.717, 1.165) is 6.92 Å². The molecular formula is C12H20N2O3. The number of hydrogen-bond acceptors (Lipinski definition) is 3. The molecule has 0 unspecified atom stereocenters. The normalized spacial score (nSPS) is 10.9. The number of ketones is 1. The Morgan fingerprint density at radius 3 is 2.00 bits per heavy atom. The third-order valence-electron chi connectivity index (χ3n) is 3.17. The zero-order chi connectivity index (χ0) is 13.6. The van der Waals surface area contributed by atoms with Gasteiger partial charge in [0.25, 0.3) is 0 Å². The molecule has 0 aliphatic rings. The summed E-state index contributed by atoms with van der Waals surface area (Å²) in [6, 6.07) is 0. The minimum atomic E-state index is -0.864.